The number of carbonyl (C=O) groups excluding carboxylic acids is 4. The van der Waals surface area contributed by atoms with Gasteiger partial charge in [-0.15, -0.1) is 5.10 Å². The van der Waals surface area contributed by atoms with E-state index in [4.69, 9.17) is 34.7 Å². The smallest absolute Gasteiger partial charge is 0.307 e. The monoisotopic (exact) mass is 798 g/mol. The van der Waals surface area contributed by atoms with Crippen LogP contribution in [0.3, 0.4) is 0 Å². The Morgan fingerprint density at radius 2 is 1.56 bits per heavy atom. The van der Waals surface area contributed by atoms with Crippen molar-refractivity contribution in [2.45, 2.75) is 91.6 Å². The second kappa shape index (κ2) is 21.3. The molecule has 55 heavy (non-hydrogen) atoms. The molecule has 0 spiro atoms. The van der Waals surface area contributed by atoms with E-state index in [0.717, 1.165) is 5.56 Å². The quantitative estimate of drug-likeness (QED) is 0.0514. The van der Waals surface area contributed by atoms with Crippen molar-refractivity contribution in [3.05, 3.63) is 75.8 Å². The van der Waals surface area contributed by atoms with E-state index in [9.17, 15) is 29.1 Å². The number of amides is 2. The van der Waals surface area contributed by atoms with Crippen LogP contribution in [-0.4, -0.2) is 73.8 Å². The number of aliphatic carboxylic acids is 1. The standard InChI is InChI=1S/C39H52Cl2N8O6/c1-6-23(4)34(33(51)18-27(38(54)55)16-25-11-8-7-9-12-25)47-36(52)26(15-22(2)3)17-32(50)31(13-10-14-44-39(42)43)46-37(53)35-45-24(5)49(48-35)30-20-28(40)19-29(41)21-30/h7-9,11-12,19-23,26-27,31,34H,6,10,13-18H2,1-5H3,(H,46,53)(H,47,52)(H,54,55)(H4,42,43,44)/t23-,26+,27+,31-,34-/m0/s1. The Hall–Kier alpha value is -4.82. The van der Waals surface area contributed by atoms with Crippen molar-refractivity contribution in [1.29, 1.82) is 0 Å². The Labute approximate surface area is 331 Å². The molecule has 0 aliphatic heterocycles. The first-order chi connectivity index (χ1) is 26.0. The number of carbonyl (C=O) groups is 5. The van der Waals surface area contributed by atoms with Crippen LogP contribution in [0.4, 0.5) is 0 Å². The second-order valence-corrected chi connectivity index (χ2v) is 15.1. The summed E-state index contributed by atoms with van der Waals surface area (Å²) in [6.07, 6.45) is 0.971. The molecule has 2 amide bonds. The predicted octanol–water partition coefficient (Wildman–Crippen LogP) is 5.09. The van der Waals surface area contributed by atoms with E-state index in [1.165, 1.54) is 4.68 Å². The number of hydrogen-bond donors (Lipinski definition) is 5. The van der Waals surface area contributed by atoms with Gasteiger partial charge in [0.15, 0.2) is 17.5 Å². The average molecular weight is 800 g/mol. The zero-order valence-corrected chi connectivity index (χ0v) is 33.4. The number of nitrogens with zero attached hydrogens (tertiary/aromatic N) is 4. The Morgan fingerprint density at radius 1 is 0.927 bits per heavy atom. The molecule has 0 radical (unpaired) electrons. The number of Topliss-reactive ketones (excluding diaryl/α,β-unsaturated/α-hetero) is 2. The van der Waals surface area contributed by atoms with Gasteiger partial charge in [0.2, 0.25) is 11.7 Å². The molecule has 16 heteroatoms. The molecular formula is C39H52Cl2N8O6. The minimum Gasteiger partial charge on any atom is -0.481 e. The van der Waals surface area contributed by atoms with Crippen molar-refractivity contribution in [3.63, 3.8) is 0 Å². The number of aryl methyl sites for hydroxylation is 1. The Kier molecular flexibility index (Phi) is 17.3. The normalized spacial score (nSPS) is 14.0. The summed E-state index contributed by atoms with van der Waals surface area (Å²) in [5.74, 6) is -5.23. The molecule has 3 aromatic rings. The van der Waals surface area contributed by atoms with Crippen LogP contribution in [0.25, 0.3) is 5.69 Å². The van der Waals surface area contributed by atoms with Gasteiger partial charge in [-0.1, -0.05) is 87.6 Å². The molecule has 0 unspecified atom stereocenters. The van der Waals surface area contributed by atoms with Crippen LogP contribution >= 0.6 is 23.2 Å². The number of rotatable bonds is 22. The van der Waals surface area contributed by atoms with Crippen molar-refractivity contribution in [3.8, 4) is 5.69 Å². The highest BCUT2D eigenvalue weighted by Crippen LogP contribution is 2.24. The molecule has 0 aliphatic carbocycles. The van der Waals surface area contributed by atoms with Crippen molar-refractivity contribution in [2.24, 2.45) is 40.1 Å². The van der Waals surface area contributed by atoms with E-state index in [2.05, 4.69) is 25.7 Å². The highest BCUT2D eigenvalue weighted by Gasteiger charge is 2.34. The highest BCUT2D eigenvalue weighted by molar-refractivity contribution is 6.34. The molecule has 0 fully saturated rings. The number of carboxylic acids is 1. The molecule has 2 aromatic carbocycles. The van der Waals surface area contributed by atoms with Gasteiger partial charge < -0.3 is 27.2 Å². The zero-order valence-electron chi connectivity index (χ0n) is 31.9. The maximum atomic E-state index is 14.0. The number of benzene rings is 2. The predicted molar refractivity (Wildman–Crippen MR) is 212 cm³/mol. The van der Waals surface area contributed by atoms with E-state index in [1.54, 1.807) is 49.4 Å². The van der Waals surface area contributed by atoms with Gasteiger partial charge in [-0.05, 0) is 68.2 Å². The average Bonchev–Trinajstić information content (AvgIpc) is 3.51. The lowest BCUT2D eigenvalue weighted by Crippen LogP contribution is -2.49. The van der Waals surface area contributed by atoms with Gasteiger partial charge in [0, 0.05) is 35.3 Å². The lowest BCUT2D eigenvalue weighted by molar-refractivity contribution is -0.144. The van der Waals surface area contributed by atoms with Crippen LogP contribution in [0.1, 0.15) is 88.2 Å². The first-order valence-electron chi connectivity index (χ1n) is 18.4. The van der Waals surface area contributed by atoms with E-state index < -0.39 is 53.3 Å². The van der Waals surface area contributed by atoms with E-state index >= 15 is 0 Å². The Morgan fingerprint density at radius 3 is 2.15 bits per heavy atom. The number of carboxylic acid groups (broad SMARTS) is 1. The molecule has 7 N–H and O–H groups in total. The largest absolute Gasteiger partial charge is 0.481 e. The summed E-state index contributed by atoms with van der Waals surface area (Å²) in [7, 11) is 0. The number of hydrogen-bond acceptors (Lipinski definition) is 8. The zero-order chi connectivity index (χ0) is 40.8. The third-order valence-corrected chi connectivity index (χ3v) is 9.69. The number of aliphatic imine (C=N–C) groups is 1. The van der Waals surface area contributed by atoms with Crippen LogP contribution in [0.2, 0.25) is 10.0 Å². The Balaban J connectivity index is 1.83. The number of ketones is 2. The van der Waals surface area contributed by atoms with Crippen LogP contribution in [0, 0.1) is 30.6 Å². The van der Waals surface area contributed by atoms with E-state index in [1.807, 2.05) is 33.8 Å². The molecule has 1 aromatic heterocycles. The van der Waals surface area contributed by atoms with Crippen molar-refractivity contribution in [1.82, 2.24) is 25.4 Å². The van der Waals surface area contributed by atoms with Gasteiger partial charge in [0.05, 0.1) is 23.7 Å². The fourth-order valence-corrected chi connectivity index (χ4v) is 6.75. The number of nitrogens with one attached hydrogen (secondary N) is 2. The van der Waals surface area contributed by atoms with Crippen LogP contribution in [0.15, 0.2) is 53.5 Å². The summed E-state index contributed by atoms with van der Waals surface area (Å²) in [5.41, 5.74) is 12.2. The van der Waals surface area contributed by atoms with Gasteiger partial charge in [-0.3, -0.25) is 29.0 Å². The fraction of sp³-hybridized carbons (Fsp3) is 0.487. The number of nitrogens with two attached hydrogens (primary N) is 2. The van der Waals surface area contributed by atoms with E-state index in [-0.39, 0.29) is 55.8 Å². The summed E-state index contributed by atoms with van der Waals surface area (Å²) in [6.45, 7) is 9.36. The van der Waals surface area contributed by atoms with Crippen molar-refractivity contribution < 1.29 is 29.1 Å². The molecule has 298 valence electrons. The first-order valence-corrected chi connectivity index (χ1v) is 19.1. The Bertz CT molecular complexity index is 1810. The molecule has 0 saturated heterocycles. The molecule has 0 bridgehead atoms. The third kappa shape index (κ3) is 14.1. The maximum absolute atomic E-state index is 14.0. The molecule has 5 atom stereocenters. The molecule has 0 saturated carbocycles. The van der Waals surface area contributed by atoms with Crippen molar-refractivity contribution >= 4 is 58.5 Å². The van der Waals surface area contributed by atoms with Crippen LogP contribution < -0.4 is 22.1 Å². The van der Waals surface area contributed by atoms with Gasteiger partial charge in [0.25, 0.3) is 5.91 Å². The number of guanidine groups is 1. The maximum Gasteiger partial charge on any atom is 0.307 e. The van der Waals surface area contributed by atoms with E-state index in [0.29, 0.717) is 40.8 Å². The molecule has 1 heterocycles. The lowest BCUT2D eigenvalue weighted by Gasteiger charge is -2.28. The van der Waals surface area contributed by atoms with Crippen molar-refractivity contribution in [2.75, 3.05) is 6.54 Å². The molecule has 3 rings (SSSR count). The lowest BCUT2D eigenvalue weighted by atomic mass is 9.85. The molecule has 14 nitrogen and oxygen atoms in total. The van der Waals surface area contributed by atoms with Gasteiger partial charge in [0.1, 0.15) is 5.82 Å². The topological polar surface area (TPSA) is 225 Å². The summed E-state index contributed by atoms with van der Waals surface area (Å²) in [6, 6.07) is 11.8. The molecule has 0 aliphatic rings. The van der Waals surface area contributed by atoms with Gasteiger partial charge >= 0.3 is 5.97 Å². The first kappa shape index (κ1) is 44.6. The highest BCUT2D eigenvalue weighted by atomic mass is 35.5. The summed E-state index contributed by atoms with van der Waals surface area (Å²) < 4.78 is 1.40. The molecular weight excluding hydrogens is 747 g/mol. The fourth-order valence-electron chi connectivity index (χ4n) is 6.23. The van der Waals surface area contributed by atoms with Gasteiger partial charge in [-0.25, -0.2) is 9.67 Å². The number of aromatic nitrogens is 3. The van der Waals surface area contributed by atoms with Gasteiger partial charge in [-0.2, -0.15) is 0 Å². The third-order valence-electron chi connectivity index (χ3n) is 9.26. The minimum atomic E-state index is -1.10. The summed E-state index contributed by atoms with van der Waals surface area (Å²) in [4.78, 5) is 75.7. The summed E-state index contributed by atoms with van der Waals surface area (Å²) >= 11 is 12.3. The number of halogens is 2. The summed E-state index contributed by atoms with van der Waals surface area (Å²) in [5, 5.41) is 20.6. The van der Waals surface area contributed by atoms with Crippen LogP contribution in [-0.2, 0) is 25.6 Å². The SMILES string of the molecule is CC[C@H](C)[C@H](NC(=O)[C@@H](CC(=O)[C@H](CCCN=C(N)N)NC(=O)c1nc(C)n(-c2cc(Cl)cc(Cl)c2)n1)CC(C)C)C(=O)C[C@@H](Cc1ccccc1)C(=O)O. The van der Waals surface area contributed by atoms with Crippen LogP contribution in [0.5, 0.6) is 0 Å². The second-order valence-electron chi connectivity index (χ2n) is 14.3. The minimum absolute atomic E-state index is 0.00500.